The minimum absolute atomic E-state index is 0.00882. The third-order valence-electron chi connectivity index (χ3n) is 3.72. The van der Waals surface area contributed by atoms with Crippen LogP contribution >= 0.6 is 0 Å². The Hall–Kier alpha value is -1.95. The molecule has 0 spiro atoms. The molecule has 1 aromatic carbocycles. The summed E-state index contributed by atoms with van der Waals surface area (Å²) in [6.07, 6.45) is 5.92. The molecule has 3 nitrogen and oxygen atoms in total. The van der Waals surface area contributed by atoms with Crippen molar-refractivity contribution in [3.8, 4) is 18.1 Å². The molecule has 0 aromatic heterocycles. The van der Waals surface area contributed by atoms with Crippen LogP contribution in [0.1, 0.15) is 64.7 Å². The van der Waals surface area contributed by atoms with Gasteiger partial charge in [0.2, 0.25) is 0 Å². The van der Waals surface area contributed by atoms with Crippen LogP contribution in [0, 0.1) is 12.3 Å². The van der Waals surface area contributed by atoms with E-state index in [4.69, 9.17) is 11.2 Å². The number of carbonyl (C=O) groups is 1. The molecule has 3 heteroatoms. The zero-order chi connectivity index (χ0) is 17.8. The maximum Gasteiger partial charge on any atom is 0.307 e. The molecule has 0 saturated carbocycles. The molecule has 0 atom stereocenters. The van der Waals surface area contributed by atoms with Gasteiger partial charge >= 0.3 is 5.97 Å². The number of aromatic hydroxyl groups is 1. The van der Waals surface area contributed by atoms with Crippen LogP contribution in [-0.2, 0) is 26.8 Å². The maximum absolute atomic E-state index is 11.6. The van der Waals surface area contributed by atoms with Crippen LogP contribution in [-0.4, -0.2) is 17.7 Å². The summed E-state index contributed by atoms with van der Waals surface area (Å²) in [5.41, 5.74) is 2.47. The molecule has 1 rings (SSSR count). The lowest BCUT2D eigenvalue weighted by atomic mass is 9.78. The van der Waals surface area contributed by atoms with Crippen molar-refractivity contribution in [1.82, 2.24) is 0 Å². The fourth-order valence-corrected chi connectivity index (χ4v) is 2.42. The van der Waals surface area contributed by atoms with Gasteiger partial charge in [-0.05, 0) is 33.9 Å². The number of phenolic OH excluding ortho intramolecular Hbond substituents is 1. The molecule has 0 unspecified atom stereocenters. The fourth-order valence-electron chi connectivity index (χ4n) is 2.42. The molecule has 0 bridgehead atoms. The van der Waals surface area contributed by atoms with E-state index in [1.807, 2.05) is 12.1 Å². The first-order valence-corrected chi connectivity index (χ1v) is 7.92. The summed E-state index contributed by atoms with van der Waals surface area (Å²) >= 11 is 0. The molecule has 0 aliphatic heterocycles. The van der Waals surface area contributed by atoms with Gasteiger partial charge in [-0.2, -0.15) is 0 Å². The summed E-state index contributed by atoms with van der Waals surface area (Å²) in [5, 5.41) is 10.7. The van der Waals surface area contributed by atoms with E-state index in [0.29, 0.717) is 12.2 Å². The molecular formula is C20H28O3. The molecule has 0 radical (unpaired) electrons. The van der Waals surface area contributed by atoms with Crippen molar-refractivity contribution in [3.63, 3.8) is 0 Å². The highest BCUT2D eigenvalue weighted by atomic mass is 16.5. The summed E-state index contributed by atoms with van der Waals surface area (Å²) in [6, 6.07) is 3.97. The number of rotatable bonds is 4. The van der Waals surface area contributed by atoms with Crippen LogP contribution in [0.2, 0.25) is 0 Å². The van der Waals surface area contributed by atoms with Crippen molar-refractivity contribution < 1.29 is 14.6 Å². The normalized spacial score (nSPS) is 11.9. The largest absolute Gasteiger partial charge is 0.507 e. The zero-order valence-corrected chi connectivity index (χ0v) is 15.1. The fraction of sp³-hybridized carbons (Fsp3) is 0.550. The number of benzene rings is 1. The van der Waals surface area contributed by atoms with Crippen molar-refractivity contribution in [1.29, 1.82) is 0 Å². The van der Waals surface area contributed by atoms with E-state index in [2.05, 4.69) is 47.5 Å². The molecule has 1 N–H and O–H groups in total. The monoisotopic (exact) mass is 316 g/mol. The lowest BCUT2D eigenvalue weighted by Gasteiger charge is -2.28. The Kier molecular flexibility index (Phi) is 5.88. The van der Waals surface area contributed by atoms with Crippen molar-refractivity contribution in [2.75, 3.05) is 6.61 Å². The molecule has 0 heterocycles. The molecule has 126 valence electrons. The van der Waals surface area contributed by atoms with E-state index in [1.165, 1.54) is 0 Å². The van der Waals surface area contributed by atoms with Gasteiger partial charge < -0.3 is 9.84 Å². The van der Waals surface area contributed by atoms with Crippen LogP contribution in [0.15, 0.2) is 12.1 Å². The van der Waals surface area contributed by atoms with Gasteiger partial charge in [0.25, 0.3) is 0 Å². The predicted molar refractivity (Wildman–Crippen MR) is 93.6 cm³/mol. The molecule has 1 aromatic rings. The number of esters is 1. The van der Waals surface area contributed by atoms with Gasteiger partial charge in [-0.15, -0.1) is 6.42 Å². The van der Waals surface area contributed by atoms with E-state index in [0.717, 1.165) is 16.7 Å². The second-order valence-corrected chi connectivity index (χ2v) is 7.90. The van der Waals surface area contributed by atoms with Crippen LogP contribution in [0.25, 0.3) is 0 Å². The summed E-state index contributed by atoms with van der Waals surface area (Å²) < 4.78 is 4.91. The quantitative estimate of drug-likeness (QED) is 0.672. The van der Waals surface area contributed by atoms with E-state index in [1.54, 1.807) is 0 Å². The van der Waals surface area contributed by atoms with Crippen LogP contribution in [0.4, 0.5) is 0 Å². The van der Waals surface area contributed by atoms with E-state index in [-0.39, 0.29) is 29.8 Å². The second-order valence-electron chi connectivity index (χ2n) is 7.90. The summed E-state index contributed by atoms with van der Waals surface area (Å²) in [4.78, 5) is 11.6. The highest BCUT2D eigenvalue weighted by molar-refractivity contribution is 5.70. The highest BCUT2D eigenvalue weighted by Crippen LogP contribution is 2.39. The topological polar surface area (TPSA) is 46.5 Å². The first kappa shape index (κ1) is 19.1. The van der Waals surface area contributed by atoms with E-state index < -0.39 is 0 Å². The molecule has 23 heavy (non-hydrogen) atoms. The second kappa shape index (κ2) is 7.08. The van der Waals surface area contributed by atoms with Gasteiger partial charge in [-0.25, -0.2) is 0 Å². The third kappa shape index (κ3) is 5.32. The Morgan fingerprint density at radius 1 is 1.13 bits per heavy atom. The minimum atomic E-state index is -0.300. The highest BCUT2D eigenvalue weighted by Gasteiger charge is 2.26. The van der Waals surface area contributed by atoms with Gasteiger partial charge in [0.15, 0.2) is 6.61 Å². The van der Waals surface area contributed by atoms with Crippen LogP contribution in [0.5, 0.6) is 5.75 Å². The third-order valence-corrected chi connectivity index (χ3v) is 3.72. The Labute approximate surface area is 140 Å². The van der Waals surface area contributed by atoms with Gasteiger partial charge in [-0.3, -0.25) is 4.79 Å². The van der Waals surface area contributed by atoms with Crippen LogP contribution in [0.3, 0.4) is 0 Å². The molecule has 0 fully saturated rings. The van der Waals surface area contributed by atoms with Crippen molar-refractivity contribution >= 4 is 5.97 Å². The molecular weight excluding hydrogens is 288 g/mol. The first-order chi connectivity index (χ1) is 10.5. The predicted octanol–water partition coefficient (Wildman–Crippen LogP) is 4.10. The number of ether oxygens (including phenoxy) is 1. The molecule has 0 aliphatic rings. The number of aryl methyl sites for hydroxylation is 1. The van der Waals surface area contributed by atoms with Crippen molar-refractivity contribution in [2.24, 2.45) is 0 Å². The zero-order valence-electron chi connectivity index (χ0n) is 15.1. The number of hydrogen-bond donors (Lipinski definition) is 1. The Morgan fingerprint density at radius 2 is 1.61 bits per heavy atom. The van der Waals surface area contributed by atoms with E-state index in [9.17, 15) is 9.90 Å². The first-order valence-electron chi connectivity index (χ1n) is 7.92. The Morgan fingerprint density at radius 3 is 2.00 bits per heavy atom. The van der Waals surface area contributed by atoms with Gasteiger partial charge in [0.1, 0.15) is 5.75 Å². The molecule has 0 aliphatic carbocycles. The van der Waals surface area contributed by atoms with Gasteiger partial charge in [-0.1, -0.05) is 59.6 Å². The smallest absolute Gasteiger partial charge is 0.307 e. The average Bonchev–Trinajstić information content (AvgIpc) is 2.41. The lowest BCUT2D eigenvalue weighted by molar-refractivity contribution is -0.142. The SMILES string of the molecule is C#CCOC(=O)CCc1cc(C(C)(C)C)c(O)c(C(C)(C)C)c1. The summed E-state index contributed by atoms with van der Waals surface area (Å²) in [7, 11) is 0. The minimum Gasteiger partial charge on any atom is -0.507 e. The number of terminal acetylenes is 1. The van der Waals surface area contributed by atoms with Gasteiger partial charge in [0.05, 0.1) is 0 Å². The van der Waals surface area contributed by atoms with E-state index >= 15 is 0 Å². The molecule has 0 saturated heterocycles. The van der Waals surface area contributed by atoms with Crippen molar-refractivity contribution in [2.45, 2.75) is 65.2 Å². The Balaban J connectivity index is 3.14. The number of phenols is 1. The van der Waals surface area contributed by atoms with Crippen LogP contribution < -0.4 is 0 Å². The standard InChI is InChI=1S/C20H28O3/c1-8-11-23-17(21)10-9-14-12-15(19(2,3)4)18(22)16(13-14)20(5,6)7/h1,12-13,22H,9-11H2,2-7H3. The van der Waals surface area contributed by atoms with Crippen molar-refractivity contribution in [3.05, 3.63) is 28.8 Å². The number of hydrogen-bond acceptors (Lipinski definition) is 3. The molecule has 0 amide bonds. The summed E-state index contributed by atoms with van der Waals surface area (Å²) in [6.45, 7) is 12.4. The number of carbonyl (C=O) groups excluding carboxylic acids is 1. The van der Waals surface area contributed by atoms with Gasteiger partial charge in [0, 0.05) is 6.42 Å². The average molecular weight is 316 g/mol. The summed E-state index contributed by atoms with van der Waals surface area (Å²) in [5.74, 6) is 2.34. The Bertz CT molecular complexity index is 572. The maximum atomic E-state index is 11.6. The lowest BCUT2D eigenvalue weighted by Crippen LogP contribution is -2.18.